The van der Waals surface area contributed by atoms with Gasteiger partial charge >= 0.3 is 0 Å². The molecular weight excluding hydrogens is 414 g/mol. The number of furan rings is 1. The van der Waals surface area contributed by atoms with Crippen molar-refractivity contribution in [3.05, 3.63) is 90.5 Å². The van der Waals surface area contributed by atoms with Crippen LogP contribution in [-0.2, 0) is 17.1 Å². The minimum Gasteiger partial charge on any atom is -0.456 e. The number of nitrogens with one attached hydrogen (secondary N) is 1. The number of aliphatic hydroxyl groups excluding tert-OH is 1. The monoisotopic (exact) mass is 433 g/mol. The molecule has 3 aromatic carbocycles. The number of rotatable bonds is 5. The molecule has 2 aromatic heterocycles. The van der Waals surface area contributed by atoms with Crippen LogP contribution in [0.15, 0.2) is 88.4 Å². The molecule has 0 bridgehead atoms. The van der Waals surface area contributed by atoms with Gasteiger partial charge in [0.2, 0.25) is 0 Å². The van der Waals surface area contributed by atoms with Gasteiger partial charge in [-0.3, -0.25) is 4.72 Å². The zero-order chi connectivity index (χ0) is 21.6. The molecule has 5 rings (SSSR count). The van der Waals surface area contributed by atoms with Crippen LogP contribution in [0.5, 0.6) is 0 Å². The second-order valence-electron chi connectivity index (χ2n) is 7.28. The Balaban J connectivity index is 1.43. The van der Waals surface area contributed by atoms with Gasteiger partial charge in [0.25, 0.3) is 10.0 Å². The van der Waals surface area contributed by atoms with Gasteiger partial charge in [-0.2, -0.15) is 0 Å². The summed E-state index contributed by atoms with van der Waals surface area (Å²) in [5.74, 6) is 0.508. The van der Waals surface area contributed by atoms with E-state index in [0.29, 0.717) is 28.2 Å². The molecule has 0 saturated carbocycles. The SMILES string of the molecule is Cn1ccnc1[C@@H](O)c1ccc(NS(=O)(=O)c2ccc3oc4ccccc4c3c2)cc1. The fraction of sp³-hybridized carbons (Fsp3) is 0.0870. The lowest BCUT2D eigenvalue weighted by atomic mass is 10.1. The van der Waals surface area contributed by atoms with Crippen molar-refractivity contribution in [1.82, 2.24) is 9.55 Å². The molecule has 0 saturated heterocycles. The first kappa shape index (κ1) is 19.3. The smallest absolute Gasteiger partial charge is 0.261 e. The average molecular weight is 433 g/mol. The van der Waals surface area contributed by atoms with E-state index < -0.39 is 16.1 Å². The van der Waals surface area contributed by atoms with Crippen molar-refractivity contribution in [2.45, 2.75) is 11.0 Å². The van der Waals surface area contributed by atoms with E-state index in [9.17, 15) is 13.5 Å². The Morgan fingerprint density at radius 3 is 2.48 bits per heavy atom. The summed E-state index contributed by atoms with van der Waals surface area (Å²) in [6, 6.07) is 18.9. The Bertz CT molecular complexity index is 1500. The van der Waals surface area contributed by atoms with Crippen molar-refractivity contribution in [2.24, 2.45) is 7.05 Å². The first-order valence-corrected chi connectivity index (χ1v) is 11.1. The molecule has 0 aliphatic rings. The largest absolute Gasteiger partial charge is 0.456 e. The molecule has 0 fully saturated rings. The Hall–Kier alpha value is -3.62. The van der Waals surface area contributed by atoms with Gasteiger partial charge in [-0.15, -0.1) is 0 Å². The van der Waals surface area contributed by atoms with Crippen LogP contribution >= 0.6 is 0 Å². The molecule has 8 heteroatoms. The third-order valence-corrected chi connectivity index (χ3v) is 6.62. The minimum absolute atomic E-state index is 0.142. The van der Waals surface area contributed by atoms with Crippen LogP contribution in [0.1, 0.15) is 17.5 Å². The van der Waals surface area contributed by atoms with E-state index in [2.05, 4.69) is 9.71 Å². The van der Waals surface area contributed by atoms with Crippen molar-refractivity contribution in [3.8, 4) is 0 Å². The van der Waals surface area contributed by atoms with Crippen LogP contribution in [0.2, 0.25) is 0 Å². The summed E-state index contributed by atoms with van der Waals surface area (Å²) in [5, 5.41) is 12.1. The Morgan fingerprint density at radius 1 is 1.00 bits per heavy atom. The lowest BCUT2D eigenvalue weighted by Gasteiger charge is -2.13. The highest BCUT2D eigenvalue weighted by molar-refractivity contribution is 7.92. The summed E-state index contributed by atoms with van der Waals surface area (Å²) < 4.78 is 36.0. The number of hydrogen-bond donors (Lipinski definition) is 2. The number of nitrogens with zero attached hydrogens (tertiary/aromatic N) is 2. The molecule has 0 unspecified atom stereocenters. The zero-order valence-electron chi connectivity index (χ0n) is 16.6. The van der Waals surface area contributed by atoms with Crippen molar-refractivity contribution in [2.75, 3.05) is 4.72 Å². The second kappa shape index (κ2) is 7.26. The van der Waals surface area contributed by atoms with Crippen LogP contribution in [-0.4, -0.2) is 23.1 Å². The van der Waals surface area contributed by atoms with E-state index in [1.807, 2.05) is 24.3 Å². The predicted molar refractivity (Wildman–Crippen MR) is 118 cm³/mol. The number of sulfonamides is 1. The Labute approximate surface area is 178 Å². The number of fused-ring (bicyclic) bond motifs is 3. The summed E-state index contributed by atoms with van der Waals surface area (Å²) in [5.41, 5.74) is 2.35. The summed E-state index contributed by atoms with van der Waals surface area (Å²) >= 11 is 0. The molecule has 5 aromatic rings. The maximum atomic E-state index is 12.9. The molecule has 0 aliphatic carbocycles. The highest BCUT2D eigenvalue weighted by Gasteiger charge is 2.18. The molecule has 2 N–H and O–H groups in total. The molecule has 0 aliphatic heterocycles. The van der Waals surface area contributed by atoms with Gasteiger partial charge < -0.3 is 14.1 Å². The number of para-hydroxylation sites is 1. The van der Waals surface area contributed by atoms with E-state index in [-0.39, 0.29) is 4.90 Å². The fourth-order valence-corrected chi connectivity index (χ4v) is 4.69. The third kappa shape index (κ3) is 3.45. The maximum Gasteiger partial charge on any atom is 0.261 e. The summed E-state index contributed by atoms with van der Waals surface area (Å²) in [7, 11) is -2.01. The standard InChI is InChI=1S/C23H19N3O4S/c1-26-13-12-24-23(26)22(27)15-6-8-16(9-7-15)25-31(28,29)17-10-11-21-19(14-17)18-4-2-3-5-20(18)30-21/h2-14,22,25,27H,1H3/t22-/m0/s1. The molecular formula is C23H19N3O4S. The number of aromatic nitrogens is 2. The highest BCUT2D eigenvalue weighted by Crippen LogP contribution is 2.31. The van der Waals surface area contributed by atoms with Crippen LogP contribution < -0.4 is 4.72 Å². The second-order valence-corrected chi connectivity index (χ2v) is 8.96. The van der Waals surface area contributed by atoms with Crippen molar-refractivity contribution < 1.29 is 17.9 Å². The van der Waals surface area contributed by atoms with E-state index in [4.69, 9.17) is 4.42 Å². The average Bonchev–Trinajstić information content (AvgIpc) is 3.36. The van der Waals surface area contributed by atoms with Crippen LogP contribution in [0, 0.1) is 0 Å². The van der Waals surface area contributed by atoms with Gasteiger partial charge in [0.1, 0.15) is 23.1 Å². The number of aliphatic hydroxyl groups is 1. The third-order valence-electron chi connectivity index (χ3n) is 5.24. The van der Waals surface area contributed by atoms with Crippen molar-refractivity contribution >= 4 is 37.6 Å². The first-order chi connectivity index (χ1) is 14.9. The fourth-order valence-electron chi connectivity index (χ4n) is 3.61. The van der Waals surface area contributed by atoms with E-state index in [1.165, 1.54) is 6.07 Å². The first-order valence-electron chi connectivity index (χ1n) is 9.62. The molecule has 156 valence electrons. The lowest BCUT2D eigenvalue weighted by molar-refractivity contribution is 0.206. The Morgan fingerprint density at radius 2 is 1.74 bits per heavy atom. The molecule has 2 heterocycles. The molecule has 31 heavy (non-hydrogen) atoms. The summed E-state index contributed by atoms with van der Waals surface area (Å²) in [4.78, 5) is 4.29. The summed E-state index contributed by atoms with van der Waals surface area (Å²) in [6.45, 7) is 0. The molecule has 1 atom stereocenters. The Kier molecular flexibility index (Phi) is 4.53. The van der Waals surface area contributed by atoms with Crippen molar-refractivity contribution in [1.29, 1.82) is 0 Å². The van der Waals surface area contributed by atoms with E-state index in [1.54, 1.807) is 60.4 Å². The summed E-state index contributed by atoms with van der Waals surface area (Å²) in [6.07, 6.45) is 2.46. The van der Waals surface area contributed by atoms with E-state index in [0.717, 1.165) is 10.8 Å². The topological polar surface area (TPSA) is 97.4 Å². The van der Waals surface area contributed by atoms with E-state index >= 15 is 0 Å². The number of imidazole rings is 1. The van der Waals surface area contributed by atoms with Gasteiger partial charge in [-0.05, 0) is 42.0 Å². The minimum atomic E-state index is -3.80. The van der Waals surface area contributed by atoms with Crippen LogP contribution in [0.25, 0.3) is 21.9 Å². The van der Waals surface area contributed by atoms with Crippen LogP contribution in [0.3, 0.4) is 0 Å². The van der Waals surface area contributed by atoms with Gasteiger partial charge in [-0.25, -0.2) is 13.4 Å². The molecule has 7 nitrogen and oxygen atoms in total. The van der Waals surface area contributed by atoms with Gasteiger partial charge in [-0.1, -0.05) is 30.3 Å². The van der Waals surface area contributed by atoms with Gasteiger partial charge in [0, 0.05) is 35.9 Å². The maximum absolute atomic E-state index is 12.9. The number of hydrogen-bond acceptors (Lipinski definition) is 5. The van der Waals surface area contributed by atoms with Crippen LogP contribution in [0.4, 0.5) is 5.69 Å². The quantitative estimate of drug-likeness (QED) is 0.433. The number of anilines is 1. The highest BCUT2D eigenvalue weighted by atomic mass is 32.2. The molecule has 0 amide bonds. The van der Waals surface area contributed by atoms with Crippen molar-refractivity contribution in [3.63, 3.8) is 0 Å². The van der Waals surface area contributed by atoms with Gasteiger partial charge in [0.15, 0.2) is 0 Å². The number of benzene rings is 3. The lowest BCUT2D eigenvalue weighted by Crippen LogP contribution is -2.13. The molecule has 0 spiro atoms. The molecule has 0 radical (unpaired) electrons. The normalized spacial score (nSPS) is 13.0. The van der Waals surface area contributed by atoms with Gasteiger partial charge in [0.05, 0.1) is 4.90 Å². The number of aryl methyl sites for hydroxylation is 1. The predicted octanol–water partition coefficient (Wildman–Crippen LogP) is 4.20. The zero-order valence-corrected chi connectivity index (χ0v) is 17.4.